The lowest BCUT2D eigenvalue weighted by atomic mass is 10.1. The van der Waals surface area contributed by atoms with E-state index in [0.717, 1.165) is 13.0 Å². The van der Waals surface area contributed by atoms with Crippen LogP contribution in [0.2, 0.25) is 0 Å². The van der Waals surface area contributed by atoms with E-state index in [0.29, 0.717) is 18.0 Å². The molecule has 1 aliphatic rings. The van der Waals surface area contributed by atoms with Crippen LogP contribution in [0.4, 0.5) is 5.69 Å². The highest BCUT2D eigenvalue weighted by Crippen LogP contribution is 2.26. The first-order valence-electron chi connectivity index (χ1n) is 6.69. The van der Waals surface area contributed by atoms with Crippen LogP contribution in [0.15, 0.2) is 18.2 Å². The molecule has 18 heavy (non-hydrogen) atoms. The van der Waals surface area contributed by atoms with Gasteiger partial charge in [0.05, 0.1) is 12.3 Å². The van der Waals surface area contributed by atoms with Gasteiger partial charge < -0.3 is 20.5 Å². The zero-order chi connectivity index (χ0) is 12.8. The Labute approximate surface area is 108 Å². The minimum atomic E-state index is 0.190. The average molecular weight is 250 g/mol. The molecule has 0 amide bonds. The zero-order valence-corrected chi connectivity index (χ0v) is 10.8. The molecule has 1 aromatic carbocycles. The standard InChI is InChI=1S/C14H22N2O2/c15-13-6-5-12(17)11-14(13)18-10-4-9-16-7-2-1-3-8-16/h5-6,11,17H,1-4,7-10,15H2. The van der Waals surface area contributed by atoms with Gasteiger partial charge in [-0.1, -0.05) is 6.42 Å². The monoisotopic (exact) mass is 250 g/mol. The number of hydrogen-bond acceptors (Lipinski definition) is 4. The number of nitrogen functional groups attached to an aromatic ring is 1. The summed E-state index contributed by atoms with van der Waals surface area (Å²) in [6, 6.07) is 4.79. The van der Waals surface area contributed by atoms with Gasteiger partial charge in [-0.15, -0.1) is 0 Å². The Balaban J connectivity index is 1.69. The molecule has 0 radical (unpaired) electrons. The van der Waals surface area contributed by atoms with Crippen molar-refractivity contribution < 1.29 is 9.84 Å². The topological polar surface area (TPSA) is 58.7 Å². The molecule has 0 spiro atoms. The van der Waals surface area contributed by atoms with Gasteiger partial charge in [0, 0.05) is 12.6 Å². The van der Waals surface area contributed by atoms with Crippen LogP contribution < -0.4 is 10.5 Å². The van der Waals surface area contributed by atoms with Gasteiger partial charge in [-0.2, -0.15) is 0 Å². The van der Waals surface area contributed by atoms with E-state index < -0.39 is 0 Å². The Morgan fingerprint density at radius 3 is 2.78 bits per heavy atom. The number of anilines is 1. The van der Waals surface area contributed by atoms with Crippen LogP contribution in [0, 0.1) is 0 Å². The summed E-state index contributed by atoms with van der Waals surface area (Å²) in [6.45, 7) is 4.16. The van der Waals surface area contributed by atoms with E-state index in [1.807, 2.05) is 0 Å². The molecule has 1 aliphatic heterocycles. The van der Waals surface area contributed by atoms with Crippen LogP contribution in [0.1, 0.15) is 25.7 Å². The van der Waals surface area contributed by atoms with Gasteiger partial charge >= 0.3 is 0 Å². The summed E-state index contributed by atoms with van der Waals surface area (Å²) in [7, 11) is 0. The molecule has 0 saturated carbocycles. The first-order valence-corrected chi connectivity index (χ1v) is 6.69. The van der Waals surface area contributed by atoms with Gasteiger partial charge in [0.2, 0.25) is 0 Å². The summed E-state index contributed by atoms with van der Waals surface area (Å²) < 4.78 is 5.60. The summed E-state index contributed by atoms with van der Waals surface area (Å²) >= 11 is 0. The van der Waals surface area contributed by atoms with Crippen LogP contribution in [-0.4, -0.2) is 36.2 Å². The van der Waals surface area contributed by atoms with E-state index in [9.17, 15) is 5.11 Å². The van der Waals surface area contributed by atoms with E-state index in [4.69, 9.17) is 10.5 Å². The Morgan fingerprint density at radius 2 is 2.00 bits per heavy atom. The highest BCUT2D eigenvalue weighted by molar-refractivity contribution is 5.55. The van der Waals surface area contributed by atoms with Crippen molar-refractivity contribution in [2.24, 2.45) is 0 Å². The van der Waals surface area contributed by atoms with Crippen molar-refractivity contribution in [1.82, 2.24) is 4.90 Å². The third kappa shape index (κ3) is 3.81. The van der Waals surface area contributed by atoms with Gasteiger partial charge in [0.25, 0.3) is 0 Å². The second kappa shape index (κ2) is 6.50. The number of ether oxygens (including phenoxy) is 1. The molecule has 4 heteroatoms. The number of phenols is 1. The summed E-state index contributed by atoms with van der Waals surface area (Å²) in [5, 5.41) is 9.35. The van der Waals surface area contributed by atoms with Crippen LogP contribution in [0.5, 0.6) is 11.5 Å². The summed E-state index contributed by atoms with van der Waals surface area (Å²) in [4.78, 5) is 2.48. The molecule has 0 unspecified atom stereocenters. The maximum absolute atomic E-state index is 9.35. The molecular formula is C14H22N2O2. The van der Waals surface area contributed by atoms with E-state index in [1.165, 1.54) is 32.4 Å². The lowest BCUT2D eigenvalue weighted by Gasteiger charge is -2.26. The number of piperidine rings is 1. The molecule has 0 aromatic heterocycles. The predicted octanol–water partition coefficient (Wildman–Crippen LogP) is 2.23. The van der Waals surface area contributed by atoms with Crippen LogP contribution in [0.3, 0.4) is 0 Å². The smallest absolute Gasteiger partial charge is 0.145 e. The van der Waals surface area contributed by atoms with Gasteiger partial charge in [-0.3, -0.25) is 0 Å². The fraction of sp³-hybridized carbons (Fsp3) is 0.571. The number of rotatable bonds is 5. The molecule has 0 aliphatic carbocycles. The minimum absolute atomic E-state index is 0.190. The van der Waals surface area contributed by atoms with Crippen molar-refractivity contribution in [2.75, 3.05) is 32.0 Å². The van der Waals surface area contributed by atoms with Gasteiger partial charge in [-0.05, 0) is 44.5 Å². The average Bonchev–Trinajstić information content (AvgIpc) is 2.40. The maximum atomic E-state index is 9.35. The Hall–Kier alpha value is -1.42. The Morgan fingerprint density at radius 1 is 1.22 bits per heavy atom. The van der Waals surface area contributed by atoms with E-state index in [-0.39, 0.29) is 5.75 Å². The largest absolute Gasteiger partial charge is 0.508 e. The quantitative estimate of drug-likeness (QED) is 0.478. The van der Waals surface area contributed by atoms with Crippen LogP contribution in [-0.2, 0) is 0 Å². The molecule has 100 valence electrons. The first-order chi connectivity index (χ1) is 8.75. The number of likely N-dealkylation sites (tertiary alicyclic amines) is 1. The molecule has 1 heterocycles. The van der Waals surface area contributed by atoms with E-state index >= 15 is 0 Å². The number of phenolic OH excluding ortho intramolecular Hbond substituents is 1. The van der Waals surface area contributed by atoms with Crippen molar-refractivity contribution >= 4 is 5.69 Å². The fourth-order valence-corrected chi connectivity index (χ4v) is 2.30. The first kappa shape index (κ1) is 13.0. The molecule has 2 rings (SSSR count). The fourth-order valence-electron chi connectivity index (χ4n) is 2.30. The summed E-state index contributed by atoms with van der Waals surface area (Å²) in [6.07, 6.45) is 5.00. The molecule has 4 nitrogen and oxygen atoms in total. The number of aromatic hydroxyl groups is 1. The van der Waals surface area contributed by atoms with Crippen molar-refractivity contribution in [3.05, 3.63) is 18.2 Å². The van der Waals surface area contributed by atoms with Crippen LogP contribution in [0.25, 0.3) is 0 Å². The normalized spacial score (nSPS) is 16.7. The number of benzene rings is 1. The van der Waals surface area contributed by atoms with Crippen LogP contribution >= 0.6 is 0 Å². The number of nitrogens with two attached hydrogens (primary N) is 1. The third-order valence-corrected chi connectivity index (χ3v) is 3.32. The summed E-state index contributed by atoms with van der Waals surface area (Å²) in [5.41, 5.74) is 6.34. The highest BCUT2D eigenvalue weighted by Gasteiger charge is 2.09. The Bertz CT molecular complexity index is 376. The second-order valence-corrected chi connectivity index (χ2v) is 4.83. The molecular weight excluding hydrogens is 228 g/mol. The lowest BCUT2D eigenvalue weighted by molar-refractivity contribution is 0.205. The van der Waals surface area contributed by atoms with Gasteiger partial charge in [0.1, 0.15) is 11.5 Å². The van der Waals surface area contributed by atoms with Crippen molar-refractivity contribution in [3.8, 4) is 11.5 Å². The van der Waals surface area contributed by atoms with Gasteiger partial charge in [0.15, 0.2) is 0 Å². The maximum Gasteiger partial charge on any atom is 0.145 e. The predicted molar refractivity (Wildman–Crippen MR) is 72.9 cm³/mol. The summed E-state index contributed by atoms with van der Waals surface area (Å²) in [5.74, 6) is 0.767. The lowest BCUT2D eigenvalue weighted by Crippen LogP contribution is -2.31. The minimum Gasteiger partial charge on any atom is -0.508 e. The van der Waals surface area contributed by atoms with Crippen molar-refractivity contribution in [2.45, 2.75) is 25.7 Å². The molecule has 0 atom stereocenters. The molecule has 1 fully saturated rings. The molecule has 1 aromatic rings. The number of hydrogen-bond donors (Lipinski definition) is 2. The highest BCUT2D eigenvalue weighted by atomic mass is 16.5. The third-order valence-electron chi connectivity index (χ3n) is 3.32. The Kier molecular flexibility index (Phi) is 4.70. The van der Waals surface area contributed by atoms with Crippen molar-refractivity contribution in [3.63, 3.8) is 0 Å². The SMILES string of the molecule is Nc1ccc(O)cc1OCCCN1CCCCC1. The van der Waals surface area contributed by atoms with E-state index in [2.05, 4.69) is 4.90 Å². The number of nitrogens with zero attached hydrogens (tertiary/aromatic N) is 1. The van der Waals surface area contributed by atoms with E-state index in [1.54, 1.807) is 18.2 Å². The molecule has 0 bridgehead atoms. The molecule has 1 saturated heterocycles. The zero-order valence-electron chi connectivity index (χ0n) is 10.8. The molecule has 3 N–H and O–H groups in total. The second-order valence-electron chi connectivity index (χ2n) is 4.83. The van der Waals surface area contributed by atoms with Gasteiger partial charge in [-0.25, -0.2) is 0 Å². The van der Waals surface area contributed by atoms with Crippen molar-refractivity contribution in [1.29, 1.82) is 0 Å².